The van der Waals surface area contributed by atoms with Crippen molar-refractivity contribution < 1.29 is 19.1 Å². The van der Waals surface area contributed by atoms with Gasteiger partial charge in [0.1, 0.15) is 18.8 Å². The molecule has 0 radical (unpaired) electrons. The van der Waals surface area contributed by atoms with Gasteiger partial charge in [0.2, 0.25) is 11.8 Å². The number of nitrogens with two attached hydrogens (primary N) is 1. The van der Waals surface area contributed by atoms with Gasteiger partial charge in [-0.3, -0.25) is 14.4 Å². The van der Waals surface area contributed by atoms with E-state index in [2.05, 4.69) is 18.8 Å². The summed E-state index contributed by atoms with van der Waals surface area (Å²) in [6, 6.07) is 4.62. The average molecular weight is 499 g/mol. The molecule has 1 aliphatic carbocycles. The molecule has 2 amide bonds. The van der Waals surface area contributed by atoms with Crippen LogP contribution in [0, 0.1) is 11.3 Å². The summed E-state index contributed by atoms with van der Waals surface area (Å²) >= 11 is 6.53. The fraction of sp³-hybridized carbons (Fsp3) is 0.538. The van der Waals surface area contributed by atoms with E-state index < -0.39 is 29.3 Å². The van der Waals surface area contributed by atoms with E-state index in [9.17, 15) is 14.4 Å². The van der Waals surface area contributed by atoms with E-state index in [0.717, 1.165) is 25.7 Å². The van der Waals surface area contributed by atoms with E-state index in [1.807, 2.05) is 6.07 Å². The van der Waals surface area contributed by atoms with Crippen LogP contribution in [0.3, 0.4) is 0 Å². The normalized spacial score (nSPS) is 27.1. The second-order valence-corrected chi connectivity index (χ2v) is 11.3. The lowest BCUT2D eigenvalue weighted by Crippen LogP contribution is -2.46. The molecule has 1 aromatic carbocycles. The number of carbonyl (C=O) groups excluding carboxylic acids is 3. The summed E-state index contributed by atoms with van der Waals surface area (Å²) in [5.74, 6) is -1.58. The number of alkyl halides is 1. The predicted molar refractivity (Wildman–Crippen MR) is 130 cm³/mol. The predicted octanol–water partition coefficient (Wildman–Crippen LogP) is 3.06. The lowest BCUT2D eigenvalue weighted by molar-refractivity contribution is -0.139. The van der Waals surface area contributed by atoms with Crippen LogP contribution >= 0.6 is 11.6 Å². The Bertz CT molecular complexity index is 1140. The molecule has 35 heavy (non-hydrogen) atoms. The number of imidazole rings is 1. The van der Waals surface area contributed by atoms with Gasteiger partial charge in [-0.1, -0.05) is 19.9 Å². The molecule has 5 rings (SSSR count). The zero-order chi connectivity index (χ0) is 24.9. The molecular weight excluding hydrogens is 468 g/mol. The van der Waals surface area contributed by atoms with Crippen LogP contribution in [0.4, 0.5) is 0 Å². The highest BCUT2D eigenvalue weighted by atomic mass is 35.5. The number of primary amides is 1. The van der Waals surface area contributed by atoms with Crippen LogP contribution in [-0.2, 0) is 14.3 Å². The maximum absolute atomic E-state index is 14.4. The number of Topliss-reactive ketones (excluding diaryl/α,β-unsaturated/α-hetero) is 1. The van der Waals surface area contributed by atoms with Crippen molar-refractivity contribution in [2.24, 2.45) is 17.1 Å². The molecule has 3 fully saturated rings. The van der Waals surface area contributed by atoms with Crippen molar-refractivity contribution in [1.82, 2.24) is 14.5 Å². The largest absolute Gasteiger partial charge is 0.366 e. The smallest absolute Gasteiger partial charge is 0.249 e. The molecule has 3 aliphatic rings. The van der Waals surface area contributed by atoms with Gasteiger partial charge in [-0.25, -0.2) is 4.98 Å². The number of likely N-dealkylation sites (tertiary alicyclic amines) is 1. The topological polar surface area (TPSA) is 108 Å². The Labute approximate surface area is 209 Å². The summed E-state index contributed by atoms with van der Waals surface area (Å²) in [5.41, 5.74) is 7.63. The third-order valence-corrected chi connectivity index (χ3v) is 8.36. The number of amides is 2. The summed E-state index contributed by atoms with van der Waals surface area (Å²) in [6.45, 7) is 4.68. The Morgan fingerprint density at radius 3 is 2.66 bits per heavy atom. The second-order valence-electron chi connectivity index (χ2n) is 10.7. The van der Waals surface area contributed by atoms with E-state index in [1.165, 1.54) is 0 Å². The minimum Gasteiger partial charge on any atom is -0.366 e. The van der Waals surface area contributed by atoms with Gasteiger partial charge in [-0.2, -0.15) is 0 Å². The van der Waals surface area contributed by atoms with E-state index >= 15 is 0 Å². The van der Waals surface area contributed by atoms with Crippen LogP contribution in [0.25, 0.3) is 5.69 Å². The fourth-order valence-electron chi connectivity index (χ4n) is 6.04. The van der Waals surface area contributed by atoms with Gasteiger partial charge in [0.15, 0.2) is 5.78 Å². The standard InChI is InChI=1S/C26H31ClN4O4/c1-26(2)8-6-15(7-9-26)20(25(34)31-12-17(27)23-22(31)19(32)13-35-23)21-16(24(28)33)4-3-5-18(21)30-11-10-29-14-30/h3-5,10-11,14-15,17,20,22-23H,6-9,12-13H2,1-2H3,(H2,28,33)/t17-,20-,22+,23+/m0/s1. The quantitative estimate of drug-likeness (QED) is 0.637. The Morgan fingerprint density at radius 2 is 2.00 bits per heavy atom. The molecule has 2 aliphatic heterocycles. The van der Waals surface area contributed by atoms with Gasteiger partial charge in [0.05, 0.1) is 23.3 Å². The number of rotatable bonds is 5. The number of nitrogens with zero attached hydrogens (tertiary/aromatic N) is 3. The molecule has 0 bridgehead atoms. The number of ketones is 1. The summed E-state index contributed by atoms with van der Waals surface area (Å²) in [4.78, 5) is 45.5. The molecule has 8 nitrogen and oxygen atoms in total. The van der Waals surface area contributed by atoms with Crippen molar-refractivity contribution in [2.45, 2.75) is 63.0 Å². The molecule has 4 atom stereocenters. The third kappa shape index (κ3) is 4.27. The second kappa shape index (κ2) is 9.06. The number of hydrogen-bond acceptors (Lipinski definition) is 5. The van der Waals surface area contributed by atoms with Gasteiger partial charge in [0, 0.05) is 30.1 Å². The van der Waals surface area contributed by atoms with Crippen molar-refractivity contribution in [3.63, 3.8) is 0 Å². The first-order valence-electron chi connectivity index (χ1n) is 12.2. The van der Waals surface area contributed by atoms with Crippen molar-refractivity contribution in [3.8, 4) is 5.69 Å². The molecule has 2 saturated heterocycles. The molecule has 2 aromatic rings. The van der Waals surface area contributed by atoms with E-state index in [0.29, 0.717) is 16.8 Å². The number of hydrogen-bond donors (Lipinski definition) is 1. The molecule has 0 unspecified atom stereocenters. The first-order chi connectivity index (χ1) is 16.7. The fourth-order valence-corrected chi connectivity index (χ4v) is 6.40. The van der Waals surface area contributed by atoms with Crippen molar-refractivity contribution in [3.05, 3.63) is 48.0 Å². The maximum atomic E-state index is 14.4. The number of ether oxygens (including phenoxy) is 1. The van der Waals surface area contributed by atoms with Crippen LogP contribution in [0.15, 0.2) is 36.9 Å². The number of fused-ring (bicyclic) bond motifs is 1. The van der Waals surface area contributed by atoms with Crippen LogP contribution < -0.4 is 5.73 Å². The van der Waals surface area contributed by atoms with Crippen molar-refractivity contribution in [2.75, 3.05) is 13.2 Å². The van der Waals surface area contributed by atoms with E-state index in [-0.39, 0.29) is 36.2 Å². The zero-order valence-corrected chi connectivity index (χ0v) is 20.8. The highest BCUT2D eigenvalue weighted by Gasteiger charge is 2.54. The molecule has 1 aromatic heterocycles. The minimum atomic E-state index is -0.690. The molecule has 2 N–H and O–H groups in total. The van der Waals surface area contributed by atoms with Crippen LogP contribution in [0.1, 0.15) is 61.4 Å². The highest BCUT2D eigenvalue weighted by Crippen LogP contribution is 2.47. The Kier molecular flexibility index (Phi) is 6.21. The number of halogens is 1. The first kappa shape index (κ1) is 24.0. The van der Waals surface area contributed by atoms with Crippen LogP contribution in [0.5, 0.6) is 0 Å². The monoisotopic (exact) mass is 498 g/mol. The Hall–Kier alpha value is -2.71. The van der Waals surface area contributed by atoms with E-state index in [4.69, 9.17) is 22.1 Å². The Balaban J connectivity index is 1.64. The highest BCUT2D eigenvalue weighted by molar-refractivity contribution is 6.22. The van der Waals surface area contributed by atoms with E-state index in [1.54, 1.807) is 40.3 Å². The summed E-state index contributed by atoms with van der Waals surface area (Å²) < 4.78 is 7.42. The molecule has 0 spiro atoms. The van der Waals surface area contributed by atoms with Gasteiger partial charge >= 0.3 is 0 Å². The SMILES string of the molecule is CC1(C)CCC([C@H](C(=O)N2C[C@H](Cl)[C@H]3OCC(=O)[C@H]32)c2c(C(N)=O)cccc2-n2ccnc2)CC1. The maximum Gasteiger partial charge on any atom is 0.249 e. The van der Waals surface area contributed by atoms with Crippen molar-refractivity contribution >= 4 is 29.2 Å². The Morgan fingerprint density at radius 1 is 1.26 bits per heavy atom. The third-order valence-electron chi connectivity index (χ3n) is 7.97. The number of benzene rings is 1. The zero-order valence-electron chi connectivity index (χ0n) is 20.0. The lowest BCUT2D eigenvalue weighted by atomic mass is 9.67. The summed E-state index contributed by atoms with van der Waals surface area (Å²) in [6.07, 6.45) is 8.16. The van der Waals surface area contributed by atoms with Gasteiger partial charge < -0.3 is 19.9 Å². The summed E-state index contributed by atoms with van der Waals surface area (Å²) in [5, 5.41) is -0.458. The first-order valence-corrected chi connectivity index (χ1v) is 12.6. The number of aromatic nitrogens is 2. The number of carbonyl (C=O) groups is 3. The summed E-state index contributed by atoms with van der Waals surface area (Å²) in [7, 11) is 0. The lowest BCUT2D eigenvalue weighted by Gasteiger charge is -2.40. The molecule has 186 valence electrons. The molecule has 1 saturated carbocycles. The average Bonchev–Trinajstić information content (AvgIpc) is 3.55. The van der Waals surface area contributed by atoms with Gasteiger partial charge in [-0.15, -0.1) is 11.6 Å². The molecule has 3 heterocycles. The van der Waals surface area contributed by atoms with Crippen LogP contribution in [0.2, 0.25) is 0 Å². The minimum absolute atomic E-state index is 0.0106. The van der Waals surface area contributed by atoms with Gasteiger partial charge in [-0.05, 0) is 49.1 Å². The van der Waals surface area contributed by atoms with Crippen LogP contribution in [-0.4, -0.2) is 62.7 Å². The van der Waals surface area contributed by atoms with Crippen molar-refractivity contribution in [1.29, 1.82) is 0 Å². The molecular formula is C26H31ClN4O4. The van der Waals surface area contributed by atoms with Gasteiger partial charge in [0.25, 0.3) is 0 Å². The molecule has 9 heteroatoms.